The van der Waals surface area contributed by atoms with Crippen LogP contribution in [0.25, 0.3) is 5.57 Å². The average molecular weight is 287 g/mol. The van der Waals surface area contributed by atoms with Crippen molar-refractivity contribution in [1.29, 1.82) is 0 Å². The zero-order valence-electron chi connectivity index (χ0n) is 12.3. The molecular formula is C17H21NO3. The Hall–Kier alpha value is -1.20. The molecule has 112 valence electrons. The number of rotatable bonds is 2. The van der Waals surface area contributed by atoms with Crippen LogP contribution in [0.4, 0.5) is 0 Å². The van der Waals surface area contributed by atoms with Crippen LogP contribution in [0.15, 0.2) is 30.3 Å². The third-order valence-electron chi connectivity index (χ3n) is 4.73. The van der Waals surface area contributed by atoms with Gasteiger partial charge in [0.05, 0.1) is 32.5 Å². The highest BCUT2D eigenvalue weighted by Crippen LogP contribution is 2.36. The number of morpholine rings is 1. The molecule has 2 unspecified atom stereocenters. The van der Waals surface area contributed by atoms with Crippen LogP contribution in [0.5, 0.6) is 0 Å². The minimum atomic E-state index is -0.210. The van der Waals surface area contributed by atoms with E-state index in [1.54, 1.807) is 0 Å². The van der Waals surface area contributed by atoms with Crippen molar-refractivity contribution in [3.63, 3.8) is 0 Å². The van der Waals surface area contributed by atoms with E-state index in [-0.39, 0.29) is 6.29 Å². The molecule has 2 saturated heterocycles. The van der Waals surface area contributed by atoms with Crippen LogP contribution in [-0.4, -0.2) is 50.5 Å². The first-order valence-corrected chi connectivity index (χ1v) is 7.66. The first-order valence-electron chi connectivity index (χ1n) is 7.66. The minimum absolute atomic E-state index is 0.210. The largest absolute Gasteiger partial charge is 0.378 e. The topological polar surface area (TPSA) is 30.9 Å². The van der Waals surface area contributed by atoms with Crippen molar-refractivity contribution in [1.82, 2.24) is 4.90 Å². The Labute approximate surface area is 125 Å². The summed E-state index contributed by atoms with van der Waals surface area (Å²) in [5.41, 5.74) is 3.83. The molecule has 0 saturated carbocycles. The molecular weight excluding hydrogens is 266 g/mol. The summed E-state index contributed by atoms with van der Waals surface area (Å²) in [5, 5.41) is 0. The Bertz CT molecular complexity index is 551. The van der Waals surface area contributed by atoms with Crippen molar-refractivity contribution in [3.8, 4) is 0 Å². The SMILES string of the molecule is CN1C2C=C(c3ccccc3C3OCCO3)CC1COC2. The maximum absolute atomic E-state index is 5.70. The number of hydrogen-bond acceptors (Lipinski definition) is 4. The Morgan fingerprint density at radius 1 is 1.10 bits per heavy atom. The van der Waals surface area contributed by atoms with Crippen LogP contribution in [0.2, 0.25) is 0 Å². The summed E-state index contributed by atoms with van der Waals surface area (Å²) >= 11 is 0. The van der Waals surface area contributed by atoms with Gasteiger partial charge < -0.3 is 14.2 Å². The summed E-state index contributed by atoms with van der Waals surface area (Å²) in [5.74, 6) is 0. The van der Waals surface area contributed by atoms with Gasteiger partial charge in [0.2, 0.25) is 0 Å². The quantitative estimate of drug-likeness (QED) is 0.834. The highest BCUT2D eigenvalue weighted by atomic mass is 16.7. The molecule has 1 aromatic carbocycles. The molecule has 3 aliphatic rings. The van der Waals surface area contributed by atoms with Gasteiger partial charge in [-0.15, -0.1) is 0 Å². The monoisotopic (exact) mass is 287 g/mol. The van der Waals surface area contributed by atoms with Gasteiger partial charge in [0.15, 0.2) is 6.29 Å². The van der Waals surface area contributed by atoms with Crippen LogP contribution >= 0.6 is 0 Å². The van der Waals surface area contributed by atoms with Crippen LogP contribution in [-0.2, 0) is 14.2 Å². The standard InChI is InChI=1S/C17H21NO3/c1-18-13-8-12(9-14(18)11-19-10-13)15-4-2-3-5-16(15)17-20-6-7-21-17/h2-5,8,13-14,17H,6-7,9-11H2,1H3. The van der Waals surface area contributed by atoms with E-state index in [9.17, 15) is 0 Å². The molecule has 3 aliphatic heterocycles. The Morgan fingerprint density at radius 2 is 1.90 bits per heavy atom. The second-order valence-electron chi connectivity index (χ2n) is 5.98. The lowest BCUT2D eigenvalue weighted by Crippen LogP contribution is -2.51. The van der Waals surface area contributed by atoms with Crippen LogP contribution < -0.4 is 0 Å². The van der Waals surface area contributed by atoms with E-state index in [1.807, 2.05) is 0 Å². The van der Waals surface area contributed by atoms with Gasteiger partial charge >= 0.3 is 0 Å². The number of ether oxygens (including phenoxy) is 3. The van der Waals surface area contributed by atoms with Gasteiger partial charge in [-0.2, -0.15) is 0 Å². The minimum Gasteiger partial charge on any atom is -0.378 e. The smallest absolute Gasteiger partial charge is 0.184 e. The van der Waals surface area contributed by atoms with Crippen molar-refractivity contribution in [2.45, 2.75) is 24.8 Å². The number of hydrogen-bond donors (Lipinski definition) is 0. The van der Waals surface area contributed by atoms with Crippen LogP contribution in [0, 0.1) is 0 Å². The second-order valence-corrected chi connectivity index (χ2v) is 5.98. The van der Waals surface area contributed by atoms with Gasteiger partial charge in [-0.25, -0.2) is 0 Å². The molecule has 4 rings (SSSR count). The van der Waals surface area contributed by atoms with Gasteiger partial charge in [0.1, 0.15) is 0 Å². The molecule has 21 heavy (non-hydrogen) atoms. The molecule has 2 atom stereocenters. The van der Waals surface area contributed by atoms with E-state index in [0.717, 1.165) is 25.2 Å². The fourth-order valence-electron chi connectivity index (χ4n) is 3.49. The molecule has 0 amide bonds. The van der Waals surface area contributed by atoms with Crippen LogP contribution in [0.3, 0.4) is 0 Å². The summed E-state index contributed by atoms with van der Waals surface area (Å²) in [6.45, 7) is 2.97. The molecule has 0 spiro atoms. The average Bonchev–Trinajstić information content (AvgIpc) is 3.01. The Kier molecular flexibility index (Phi) is 3.55. The zero-order chi connectivity index (χ0) is 14.2. The van der Waals surface area contributed by atoms with E-state index in [4.69, 9.17) is 14.2 Å². The molecule has 2 bridgehead atoms. The van der Waals surface area contributed by atoms with Crippen molar-refractivity contribution < 1.29 is 14.2 Å². The summed E-state index contributed by atoms with van der Waals surface area (Å²) in [6.07, 6.45) is 3.16. The molecule has 0 aromatic heterocycles. The maximum Gasteiger partial charge on any atom is 0.184 e. The first kappa shape index (κ1) is 13.5. The second kappa shape index (κ2) is 5.54. The summed E-state index contributed by atoms with van der Waals surface area (Å²) in [4.78, 5) is 2.43. The van der Waals surface area contributed by atoms with Crippen LogP contribution in [0.1, 0.15) is 23.8 Å². The van der Waals surface area contributed by atoms with E-state index in [2.05, 4.69) is 42.3 Å². The predicted molar refractivity (Wildman–Crippen MR) is 79.8 cm³/mol. The summed E-state index contributed by atoms with van der Waals surface area (Å²) < 4.78 is 17.1. The number of benzene rings is 1. The number of nitrogens with zero attached hydrogens (tertiary/aromatic N) is 1. The molecule has 0 aliphatic carbocycles. The highest BCUT2D eigenvalue weighted by molar-refractivity contribution is 5.70. The molecule has 0 N–H and O–H groups in total. The number of likely N-dealkylation sites (N-methyl/N-ethyl adjacent to an activating group) is 1. The first-order chi connectivity index (χ1) is 10.3. The lowest BCUT2D eigenvalue weighted by molar-refractivity contribution is -0.0444. The van der Waals surface area contributed by atoms with Gasteiger partial charge in [-0.1, -0.05) is 30.3 Å². The fraction of sp³-hybridized carbons (Fsp3) is 0.529. The highest BCUT2D eigenvalue weighted by Gasteiger charge is 2.33. The Balaban J connectivity index is 1.70. The Morgan fingerprint density at radius 3 is 2.71 bits per heavy atom. The van der Waals surface area contributed by atoms with Gasteiger partial charge in [-0.05, 0) is 24.6 Å². The molecule has 3 heterocycles. The van der Waals surface area contributed by atoms with Gasteiger partial charge in [-0.3, -0.25) is 4.90 Å². The molecule has 4 nitrogen and oxygen atoms in total. The van der Waals surface area contributed by atoms with Gasteiger partial charge in [0.25, 0.3) is 0 Å². The zero-order valence-corrected chi connectivity index (χ0v) is 12.3. The van der Waals surface area contributed by atoms with E-state index in [1.165, 1.54) is 11.1 Å². The predicted octanol–water partition coefficient (Wildman–Crippen LogP) is 2.22. The molecule has 2 fully saturated rings. The normalized spacial score (nSPS) is 30.4. The maximum atomic E-state index is 5.70. The molecule has 0 radical (unpaired) electrons. The van der Waals surface area contributed by atoms with Crippen molar-refractivity contribution >= 4 is 5.57 Å². The fourth-order valence-corrected chi connectivity index (χ4v) is 3.49. The van der Waals surface area contributed by atoms with Crippen molar-refractivity contribution in [3.05, 3.63) is 41.5 Å². The van der Waals surface area contributed by atoms with Crippen molar-refractivity contribution in [2.24, 2.45) is 0 Å². The van der Waals surface area contributed by atoms with Crippen molar-refractivity contribution in [2.75, 3.05) is 33.5 Å². The summed E-state index contributed by atoms with van der Waals surface area (Å²) in [7, 11) is 2.19. The lowest BCUT2D eigenvalue weighted by Gasteiger charge is -2.42. The van der Waals surface area contributed by atoms with Gasteiger partial charge in [0, 0.05) is 11.6 Å². The molecule has 4 heteroatoms. The van der Waals surface area contributed by atoms with E-state index < -0.39 is 0 Å². The third-order valence-corrected chi connectivity index (χ3v) is 4.73. The van der Waals surface area contributed by atoms with E-state index >= 15 is 0 Å². The molecule has 1 aromatic rings. The lowest BCUT2D eigenvalue weighted by atomic mass is 9.88. The van der Waals surface area contributed by atoms with E-state index in [0.29, 0.717) is 25.3 Å². The summed E-state index contributed by atoms with van der Waals surface area (Å²) in [6, 6.07) is 9.32. The third kappa shape index (κ3) is 2.42. The number of fused-ring (bicyclic) bond motifs is 2.